The van der Waals surface area contributed by atoms with E-state index in [9.17, 15) is 5.11 Å². The number of ether oxygens (including phenoxy) is 2. The fourth-order valence-corrected chi connectivity index (χ4v) is 8.28. The number of phenolic OH excluding ortho intramolecular Hbond substituents is 1. The van der Waals surface area contributed by atoms with Gasteiger partial charge in [-0.3, -0.25) is 4.90 Å². The molecule has 0 radical (unpaired) electrons. The summed E-state index contributed by atoms with van der Waals surface area (Å²) in [7, 11) is 0. The molecule has 0 spiro atoms. The number of rotatable bonds is 6. The third-order valence-corrected chi connectivity index (χ3v) is 10.6. The normalized spacial score (nSPS) is 25.9. The molecule has 2 aromatic carbocycles. The molecule has 240 valence electrons. The minimum absolute atomic E-state index is 0.0388. The van der Waals surface area contributed by atoms with Crippen LogP contribution in [0, 0.1) is 5.82 Å². The highest BCUT2D eigenvalue weighted by Gasteiger charge is 2.47. The maximum Gasteiger partial charge on any atom is 0.319 e. The second-order valence-electron chi connectivity index (χ2n) is 13.5. The van der Waals surface area contributed by atoms with Gasteiger partial charge >= 0.3 is 6.01 Å². The number of piperazine rings is 1. The number of hydrogen-bond donors (Lipinski definition) is 2. The highest BCUT2D eigenvalue weighted by atomic mass is 19.1. The van der Waals surface area contributed by atoms with Crippen LogP contribution < -0.4 is 19.7 Å². The lowest BCUT2D eigenvalue weighted by Crippen LogP contribution is -2.60. The molecule has 9 nitrogen and oxygen atoms in total. The van der Waals surface area contributed by atoms with E-state index in [2.05, 4.69) is 35.5 Å². The fraction of sp³-hybridized carbons (Fsp3) is 0.472. The van der Waals surface area contributed by atoms with E-state index in [0.29, 0.717) is 42.3 Å². The number of aromatic hydroxyl groups is 1. The van der Waals surface area contributed by atoms with Crippen molar-refractivity contribution in [3.8, 4) is 28.9 Å². The summed E-state index contributed by atoms with van der Waals surface area (Å²) in [5.74, 6) is 0.337. The summed E-state index contributed by atoms with van der Waals surface area (Å²) >= 11 is 0. The number of anilines is 1. The van der Waals surface area contributed by atoms with Gasteiger partial charge in [-0.25, -0.2) is 9.37 Å². The molecule has 46 heavy (non-hydrogen) atoms. The van der Waals surface area contributed by atoms with Gasteiger partial charge < -0.3 is 24.8 Å². The quantitative estimate of drug-likeness (QED) is 0.260. The van der Waals surface area contributed by atoms with Crippen LogP contribution in [-0.4, -0.2) is 81.5 Å². The van der Waals surface area contributed by atoms with Gasteiger partial charge in [0.1, 0.15) is 40.9 Å². The van der Waals surface area contributed by atoms with Crippen molar-refractivity contribution in [1.29, 1.82) is 0 Å². The van der Waals surface area contributed by atoms with Crippen molar-refractivity contribution in [3.05, 3.63) is 53.9 Å². The van der Waals surface area contributed by atoms with Crippen LogP contribution in [0.25, 0.3) is 32.9 Å². The van der Waals surface area contributed by atoms with Gasteiger partial charge in [-0.1, -0.05) is 44.2 Å². The molecule has 8 rings (SSSR count). The third kappa shape index (κ3) is 4.59. The molecule has 0 saturated carbocycles. The van der Waals surface area contributed by atoms with E-state index in [1.54, 1.807) is 12.1 Å². The van der Waals surface area contributed by atoms with Crippen LogP contribution in [0.1, 0.15) is 52.0 Å². The SMILES string of the molecule is C=C1CN2CCC[C@@]2(COc2nc3c4c(nc(-c5cc(O)cc6cccc(CC)c56)c(F)c4n2)O[C@@H](C)[C@@H]2CN[C@H](CC)CN32)C1. The molecule has 4 atom stereocenters. The van der Waals surface area contributed by atoms with E-state index in [-0.39, 0.29) is 46.7 Å². The first kappa shape index (κ1) is 29.4. The maximum absolute atomic E-state index is 17.2. The van der Waals surface area contributed by atoms with Crippen molar-refractivity contribution >= 4 is 27.5 Å². The van der Waals surface area contributed by atoms with Crippen LogP contribution in [0.4, 0.5) is 10.2 Å². The molecule has 2 aromatic heterocycles. The summed E-state index contributed by atoms with van der Waals surface area (Å²) in [6, 6.07) is 9.55. The second kappa shape index (κ2) is 11.1. The summed E-state index contributed by atoms with van der Waals surface area (Å²) in [4.78, 5) is 19.3. The zero-order valence-electron chi connectivity index (χ0n) is 26.8. The summed E-state index contributed by atoms with van der Waals surface area (Å²) < 4.78 is 30.2. The third-order valence-electron chi connectivity index (χ3n) is 10.6. The Morgan fingerprint density at radius 1 is 1.20 bits per heavy atom. The van der Waals surface area contributed by atoms with Crippen molar-refractivity contribution in [2.24, 2.45) is 0 Å². The Morgan fingerprint density at radius 3 is 2.89 bits per heavy atom. The smallest absolute Gasteiger partial charge is 0.319 e. The zero-order valence-corrected chi connectivity index (χ0v) is 26.8. The topological polar surface area (TPSA) is 95.9 Å². The summed E-state index contributed by atoms with van der Waals surface area (Å²) in [5, 5.41) is 16.5. The second-order valence-corrected chi connectivity index (χ2v) is 13.5. The van der Waals surface area contributed by atoms with Crippen LogP contribution >= 0.6 is 0 Å². The van der Waals surface area contributed by atoms with E-state index in [1.807, 2.05) is 25.1 Å². The number of benzene rings is 2. The maximum atomic E-state index is 17.2. The molecule has 0 amide bonds. The molecule has 4 aliphatic rings. The van der Waals surface area contributed by atoms with Crippen LogP contribution in [0.2, 0.25) is 0 Å². The lowest BCUT2D eigenvalue weighted by molar-refractivity contribution is 0.108. The van der Waals surface area contributed by atoms with Gasteiger partial charge in [0, 0.05) is 31.2 Å². The summed E-state index contributed by atoms with van der Waals surface area (Å²) in [6.07, 6.45) is 4.44. The Morgan fingerprint density at radius 2 is 2.07 bits per heavy atom. The van der Waals surface area contributed by atoms with E-state index in [4.69, 9.17) is 24.4 Å². The summed E-state index contributed by atoms with van der Waals surface area (Å²) in [6.45, 7) is 14.2. The zero-order chi connectivity index (χ0) is 31.7. The van der Waals surface area contributed by atoms with Gasteiger partial charge in [0.15, 0.2) is 5.82 Å². The first-order chi connectivity index (χ1) is 22.3. The van der Waals surface area contributed by atoms with E-state index in [1.165, 1.54) is 5.57 Å². The molecule has 0 bridgehead atoms. The van der Waals surface area contributed by atoms with Crippen molar-refractivity contribution in [2.75, 3.05) is 37.7 Å². The van der Waals surface area contributed by atoms with Gasteiger partial charge in [-0.15, -0.1) is 0 Å². The number of fused-ring (bicyclic) bond motifs is 4. The van der Waals surface area contributed by atoms with Crippen molar-refractivity contribution < 1.29 is 19.0 Å². The molecule has 3 saturated heterocycles. The van der Waals surface area contributed by atoms with Gasteiger partial charge in [0.25, 0.3) is 0 Å². The number of aryl methyl sites for hydroxylation is 1. The minimum Gasteiger partial charge on any atom is -0.508 e. The Labute approximate surface area is 268 Å². The molecule has 0 aliphatic carbocycles. The molecule has 10 heteroatoms. The lowest BCUT2D eigenvalue weighted by atomic mass is 9.94. The number of aromatic nitrogens is 3. The van der Waals surface area contributed by atoms with Crippen LogP contribution in [-0.2, 0) is 6.42 Å². The number of halogens is 1. The number of nitrogens with zero attached hydrogens (tertiary/aromatic N) is 5. The Bertz CT molecular complexity index is 1880. The Hall–Kier alpha value is -4.02. The number of nitrogens with one attached hydrogen (secondary N) is 1. The fourth-order valence-electron chi connectivity index (χ4n) is 8.28. The van der Waals surface area contributed by atoms with E-state index < -0.39 is 5.82 Å². The average molecular weight is 625 g/mol. The average Bonchev–Trinajstić information content (AvgIpc) is 3.55. The predicted octanol–water partition coefficient (Wildman–Crippen LogP) is 5.76. The first-order valence-electron chi connectivity index (χ1n) is 16.7. The van der Waals surface area contributed by atoms with Gasteiger partial charge in [0.05, 0.1) is 11.6 Å². The molecule has 2 N–H and O–H groups in total. The molecule has 3 fully saturated rings. The molecule has 0 unspecified atom stereocenters. The highest BCUT2D eigenvalue weighted by Crippen LogP contribution is 2.45. The molecule has 4 aliphatic heterocycles. The monoisotopic (exact) mass is 624 g/mol. The van der Waals surface area contributed by atoms with Crippen molar-refractivity contribution in [2.45, 2.75) is 76.6 Å². The van der Waals surface area contributed by atoms with Crippen LogP contribution in [0.15, 0.2) is 42.5 Å². The van der Waals surface area contributed by atoms with E-state index >= 15 is 4.39 Å². The molecular weight excluding hydrogens is 583 g/mol. The highest BCUT2D eigenvalue weighted by molar-refractivity contribution is 6.03. The largest absolute Gasteiger partial charge is 0.508 e. The number of phenols is 1. The van der Waals surface area contributed by atoms with Crippen LogP contribution in [0.3, 0.4) is 0 Å². The van der Waals surface area contributed by atoms with Gasteiger partial charge in [0.2, 0.25) is 5.88 Å². The molecule has 6 heterocycles. The predicted molar refractivity (Wildman–Crippen MR) is 177 cm³/mol. The first-order valence-corrected chi connectivity index (χ1v) is 16.7. The van der Waals surface area contributed by atoms with Crippen molar-refractivity contribution in [1.82, 2.24) is 25.2 Å². The number of pyridine rings is 1. The minimum atomic E-state index is -0.586. The standard InChI is InChI=1S/C36H41FN6O3/c1-5-22-9-7-10-23-13-25(44)14-26(28(22)23)31-30(37)32-29-33(43-18-24(6-2)38-16-27(43)21(4)46-34(29)39-31)41-35(40-32)45-19-36-11-8-12-42(36)17-20(3)15-36/h7,9-10,13-14,21,24,27,38,44H,3,5-6,8,11-12,15-19H2,1-2,4H3/t21-,24+,27-,36-/m0/s1. The van der Waals surface area contributed by atoms with Gasteiger partial charge in [-0.2, -0.15) is 9.97 Å². The lowest BCUT2D eigenvalue weighted by Gasteiger charge is -2.42. The van der Waals surface area contributed by atoms with E-state index in [0.717, 1.165) is 61.5 Å². The molecular formula is C36H41FN6O3. The molecule has 4 aromatic rings. The Kier molecular flexibility index (Phi) is 7.06. The van der Waals surface area contributed by atoms with Crippen LogP contribution in [0.5, 0.6) is 17.6 Å². The van der Waals surface area contributed by atoms with Crippen molar-refractivity contribution in [3.63, 3.8) is 0 Å². The number of hydrogen-bond acceptors (Lipinski definition) is 9. The summed E-state index contributed by atoms with van der Waals surface area (Å²) in [5.41, 5.74) is 2.82. The Balaban J connectivity index is 1.34. The van der Waals surface area contributed by atoms with Gasteiger partial charge in [-0.05, 0) is 74.0 Å².